The second-order valence-electron chi connectivity index (χ2n) is 6.37. The van der Waals surface area contributed by atoms with Crippen molar-refractivity contribution >= 4 is 41.0 Å². The third-order valence-corrected chi connectivity index (χ3v) is 3.63. The molecule has 30 heavy (non-hydrogen) atoms. The van der Waals surface area contributed by atoms with Crippen molar-refractivity contribution in [3.63, 3.8) is 0 Å². The van der Waals surface area contributed by atoms with Gasteiger partial charge in [-0.15, -0.1) is 0 Å². The van der Waals surface area contributed by atoms with Crippen LogP contribution in [-0.4, -0.2) is 36.2 Å². The molecular weight excluding hydrogens is 390 g/mol. The largest absolute Gasteiger partial charge is 0.452 e. The Morgan fingerprint density at radius 1 is 0.800 bits per heavy atom. The number of ether oxygens (including phenoxy) is 1. The second kappa shape index (κ2) is 10.5. The molecule has 9 heteroatoms. The first-order valence-corrected chi connectivity index (χ1v) is 8.97. The molecule has 2 aromatic rings. The first-order valence-electron chi connectivity index (χ1n) is 8.97. The molecule has 3 N–H and O–H groups in total. The highest BCUT2D eigenvalue weighted by Crippen LogP contribution is 2.20. The molecule has 2 rings (SSSR count). The summed E-state index contributed by atoms with van der Waals surface area (Å²) in [6.45, 7) is 1.92. The van der Waals surface area contributed by atoms with Gasteiger partial charge in [-0.1, -0.05) is 30.3 Å². The lowest BCUT2D eigenvalue weighted by Gasteiger charge is -2.11. The fourth-order valence-electron chi connectivity index (χ4n) is 2.53. The Morgan fingerprint density at radius 3 is 1.90 bits per heavy atom. The number of imide groups is 1. The van der Waals surface area contributed by atoms with Crippen molar-refractivity contribution in [3.8, 4) is 0 Å². The van der Waals surface area contributed by atoms with Crippen molar-refractivity contribution in [1.29, 1.82) is 0 Å². The zero-order chi connectivity index (χ0) is 22.1. The van der Waals surface area contributed by atoms with Gasteiger partial charge < -0.3 is 15.4 Å². The third-order valence-electron chi connectivity index (χ3n) is 3.63. The van der Waals surface area contributed by atoms with Crippen LogP contribution in [0.4, 0.5) is 11.4 Å². The standard InChI is InChI=1S/C21H21N3O6/c1-13(25)22-17-9-16(10-18(11-17)23-14(2)26)21(29)30-12-20(28)24-19(27)8-15-6-4-3-5-7-15/h3-7,9-11H,8,12H2,1-2H3,(H,22,25)(H,23,26)(H,24,27,28). The summed E-state index contributed by atoms with van der Waals surface area (Å²) in [4.78, 5) is 58.6. The Hall–Kier alpha value is -4.01. The molecule has 0 aliphatic heterocycles. The minimum absolute atomic E-state index is 0.00779. The average Bonchev–Trinajstić information content (AvgIpc) is 2.65. The Labute approximate surface area is 172 Å². The maximum absolute atomic E-state index is 12.3. The maximum Gasteiger partial charge on any atom is 0.338 e. The molecule has 156 valence electrons. The molecule has 0 aliphatic carbocycles. The predicted molar refractivity (Wildman–Crippen MR) is 109 cm³/mol. The van der Waals surface area contributed by atoms with E-state index in [1.807, 2.05) is 6.07 Å². The highest BCUT2D eigenvalue weighted by Gasteiger charge is 2.15. The van der Waals surface area contributed by atoms with Crippen molar-refractivity contribution in [3.05, 3.63) is 59.7 Å². The summed E-state index contributed by atoms with van der Waals surface area (Å²) >= 11 is 0. The minimum Gasteiger partial charge on any atom is -0.452 e. The van der Waals surface area contributed by atoms with Crippen LogP contribution in [0, 0.1) is 0 Å². The number of hydrogen-bond acceptors (Lipinski definition) is 6. The van der Waals surface area contributed by atoms with E-state index in [2.05, 4.69) is 16.0 Å². The highest BCUT2D eigenvalue weighted by atomic mass is 16.5. The lowest BCUT2D eigenvalue weighted by molar-refractivity contribution is -0.132. The summed E-state index contributed by atoms with van der Waals surface area (Å²) in [5.74, 6) is -2.90. The van der Waals surface area contributed by atoms with Crippen LogP contribution in [0.1, 0.15) is 29.8 Å². The van der Waals surface area contributed by atoms with Gasteiger partial charge in [0.2, 0.25) is 17.7 Å². The number of benzene rings is 2. The van der Waals surface area contributed by atoms with Crippen molar-refractivity contribution in [2.75, 3.05) is 17.2 Å². The zero-order valence-electron chi connectivity index (χ0n) is 16.5. The number of carbonyl (C=O) groups excluding carboxylic acids is 5. The fourth-order valence-corrected chi connectivity index (χ4v) is 2.53. The summed E-state index contributed by atoms with van der Waals surface area (Å²) < 4.78 is 4.93. The molecule has 0 saturated heterocycles. The van der Waals surface area contributed by atoms with Crippen molar-refractivity contribution in [1.82, 2.24) is 5.32 Å². The summed E-state index contributed by atoms with van der Waals surface area (Å²) in [7, 11) is 0. The van der Waals surface area contributed by atoms with Gasteiger partial charge in [-0.25, -0.2) is 4.79 Å². The minimum atomic E-state index is -0.862. The van der Waals surface area contributed by atoms with Gasteiger partial charge in [0.25, 0.3) is 5.91 Å². The number of rotatable bonds is 7. The molecule has 0 heterocycles. The molecule has 0 spiro atoms. The van der Waals surface area contributed by atoms with Crippen LogP contribution < -0.4 is 16.0 Å². The molecular formula is C21H21N3O6. The molecule has 0 unspecified atom stereocenters. The second-order valence-corrected chi connectivity index (χ2v) is 6.37. The molecule has 2 aromatic carbocycles. The van der Waals surface area contributed by atoms with Gasteiger partial charge in [0.1, 0.15) is 0 Å². The van der Waals surface area contributed by atoms with E-state index in [0.717, 1.165) is 5.56 Å². The van der Waals surface area contributed by atoms with Crippen LogP contribution in [0.2, 0.25) is 0 Å². The topological polar surface area (TPSA) is 131 Å². The number of carbonyl (C=O) groups is 5. The molecule has 0 bridgehead atoms. The van der Waals surface area contributed by atoms with Crippen LogP contribution >= 0.6 is 0 Å². The highest BCUT2D eigenvalue weighted by molar-refractivity contribution is 6.00. The smallest absolute Gasteiger partial charge is 0.338 e. The van der Waals surface area contributed by atoms with E-state index in [1.54, 1.807) is 24.3 Å². The van der Waals surface area contributed by atoms with Gasteiger partial charge in [-0.2, -0.15) is 0 Å². The van der Waals surface area contributed by atoms with E-state index in [4.69, 9.17) is 4.74 Å². The van der Waals surface area contributed by atoms with E-state index in [1.165, 1.54) is 32.0 Å². The van der Waals surface area contributed by atoms with Crippen LogP contribution in [-0.2, 0) is 30.3 Å². The first kappa shape index (κ1) is 22.3. The van der Waals surface area contributed by atoms with Gasteiger partial charge in [0.15, 0.2) is 6.61 Å². The summed E-state index contributed by atoms with van der Waals surface area (Å²) in [6, 6.07) is 13.0. The number of hydrogen-bond donors (Lipinski definition) is 3. The average molecular weight is 411 g/mol. The predicted octanol–water partition coefficient (Wildman–Crippen LogP) is 1.65. The monoisotopic (exact) mass is 411 g/mol. The molecule has 0 radical (unpaired) electrons. The van der Waals surface area contributed by atoms with E-state index < -0.39 is 24.4 Å². The summed E-state index contributed by atoms with van der Waals surface area (Å²) in [5, 5.41) is 7.15. The molecule has 0 aromatic heterocycles. The van der Waals surface area contributed by atoms with Crippen LogP contribution in [0.25, 0.3) is 0 Å². The van der Waals surface area contributed by atoms with E-state index >= 15 is 0 Å². The fraction of sp³-hybridized carbons (Fsp3) is 0.190. The normalized spacial score (nSPS) is 9.93. The lowest BCUT2D eigenvalue weighted by Crippen LogP contribution is -2.35. The molecule has 0 fully saturated rings. The maximum atomic E-state index is 12.3. The molecule has 4 amide bonds. The Bertz CT molecular complexity index is 938. The SMILES string of the molecule is CC(=O)Nc1cc(NC(C)=O)cc(C(=O)OCC(=O)NC(=O)Cc2ccccc2)c1. The molecule has 0 saturated carbocycles. The summed E-state index contributed by atoms with van der Waals surface area (Å²) in [5.41, 5.74) is 1.28. The molecule has 0 atom stereocenters. The quantitative estimate of drug-likeness (QED) is 0.594. The lowest BCUT2D eigenvalue weighted by atomic mass is 10.1. The molecule has 9 nitrogen and oxygen atoms in total. The van der Waals surface area contributed by atoms with Crippen LogP contribution in [0.3, 0.4) is 0 Å². The van der Waals surface area contributed by atoms with Crippen molar-refractivity contribution < 1.29 is 28.7 Å². The third kappa shape index (κ3) is 7.55. The number of anilines is 2. The number of nitrogens with one attached hydrogen (secondary N) is 3. The van der Waals surface area contributed by atoms with Gasteiger partial charge in [-0.3, -0.25) is 24.5 Å². The van der Waals surface area contributed by atoms with Gasteiger partial charge in [0.05, 0.1) is 12.0 Å². The van der Waals surface area contributed by atoms with E-state index in [9.17, 15) is 24.0 Å². The van der Waals surface area contributed by atoms with Crippen molar-refractivity contribution in [2.24, 2.45) is 0 Å². The van der Waals surface area contributed by atoms with E-state index in [0.29, 0.717) is 0 Å². The van der Waals surface area contributed by atoms with Crippen LogP contribution in [0.15, 0.2) is 48.5 Å². The number of amides is 4. The first-order chi connectivity index (χ1) is 14.2. The van der Waals surface area contributed by atoms with Gasteiger partial charge in [-0.05, 0) is 23.8 Å². The Morgan fingerprint density at radius 2 is 1.37 bits per heavy atom. The van der Waals surface area contributed by atoms with E-state index in [-0.39, 0.29) is 35.2 Å². The van der Waals surface area contributed by atoms with Gasteiger partial charge in [0, 0.05) is 25.2 Å². The summed E-state index contributed by atoms with van der Waals surface area (Å²) in [6.07, 6.45) is 0.0133. The van der Waals surface area contributed by atoms with Crippen LogP contribution in [0.5, 0.6) is 0 Å². The zero-order valence-corrected chi connectivity index (χ0v) is 16.5. The molecule has 0 aliphatic rings. The van der Waals surface area contributed by atoms with Gasteiger partial charge >= 0.3 is 5.97 Å². The number of esters is 1. The Kier molecular flexibility index (Phi) is 7.81. The Balaban J connectivity index is 1.97. The van der Waals surface area contributed by atoms with Crippen molar-refractivity contribution in [2.45, 2.75) is 20.3 Å².